The molecular formula is C7H6N2OS2. The van der Waals surface area contributed by atoms with E-state index in [2.05, 4.69) is 9.59 Å². The summed E-state index contributed by atoms with van der Waals surface area (Å²) >= 11 is 2.79. The van der Waals surface area contributed by atoms with E-state index in [1.54, 1.807) is 17.5 Å². The highest BCUT2D eigenvalue weighted by atomic mass is 32.1. The number of aromatic nitrogens is 2. The lowest BCUT2D eigenvalue weighted by Crippen LogP contribution is -1.93. The molecule has 0 amide bonds. The van der Waals surface area contributed by atoms with Crippen LogP contribution in [0, 0.1) is 0 Å². The maximum atomic E-state index is 9.71. The minimum absolute atomic E-state index is 0.559. The highest BCUT2D eigenvalue weighted by molar-refractivity contribution is 7.08. The Hall–Kier alpha value is -0.780. The summed E-state index contributed by atoms with van der Waals surface area (Å²) in [5, 5.41) is 17.2. The fraction of sp³-hybridized carbons (Fsp3) is 0.143. The van der Waals surface area contributed by atoms with E-state index in [0.29, 0.717) is 0 Å². The number of thiophene rings is 1. The number of aliphatic hydroxyl groups is 1. The normalized spacial score (nSPS) is 13.1. The van der Waals surface area contributed by atoms with Gasteiger partial charge in [0.25, 0.3) is 0 Å². The molecule has 2 aromatic rings. The van der Waals surface area contributed by atoms with Crippen LogP contribution < -0.4 is 0 Å². The summed E-state index contributed by atoms with van der Waals surface area (Å²) in [4.78, 5) is 0.786. The zero-order valence-corrected chi connectivity index (χ0v) is 7.68. The molecule has 0 saturated carbocycles. The molecule has 0 bridgehead atoms. The van der Waals surface area contributed by atoms with Gasteiger partial charge in [-0.2, -0.15) is 11.3 Å². The van der Waals surface area contributed by atoms with E-state index in [4.69, 9.17) is 0 Å². The first kappa shape index (κ1) is 7.85. The van der Waals surface area contributed by atoms with Crippen molar-refractivity contribution in [2.75, 3.05) is 0 Å². The summed E-state index contributed by atoms with van der Waals surface area (Å²) in [7, 11) is 0. The second kappa shape index (κ2) is 3.30. The van der Waals surface area contributed by atoms with Gasteiger partial charge in [0, 0.05) is 0 Å². The Morgan fingerprint density at radius 3 is 3.00 bits per heavy atom. The molecule has 0 aliphatic heterocycles. The molecule has 0 spiro atoms. The molecule has 0 radical (unpaired) electrons. The van der Waals surface area contributed by atoms with E-state index < -0.39 is 6.10 Å². The summed E-state index contributed by atoms with van der Waals surface area (Å²) in [6.07, 6.45) is 1.03. The first-order valence-corrected chi connectivity index (χ1v) is 5.07. The molecule has 12 heavy (non-hydrogen) atoms. The summed E-state index contributed by atoms with van der Waals surface area (Å²) in [5.41, 5.74) is 0.908. The Balaban J connectivity index is 2.27. The van der Waals surface area contributed by atoms with Crippen LogP contribution in [0.2, 0.25) is 0 Å². The van der Waals surface area contributed by atoms with Gasteiger partial charge in [-0.1, -0.05) is 4.49 Å². The summed E-state index contributed by atoms with van der Waals surface area (Å²) in [6.45, 7) is 0. The van der Waals surface area contributed by atoms with E-state index in [1.165, 1.54) is 11.5 Å². The Morgan fingerprint density at radius 2 is 2.42 bits per heavy atom. The molecule has 0 saturated heterocycles. The van der Waals surface area contributed by atoms with Gasteiger partial charge in [-0.15, -0.1) is 5.10 Å². The molecule has 0 fully saturated rings. The molecule has 0 aromatic carbocycles. The van der Waals surface area contributed by atoms with Gasteiger partial charge in [-0.25, -0.2) is 0 Å². The molecule has 1 unspecified atom stereocenters. The van der Waals surface area contributed by atoms with Gasteiger partial charge in [0.05, 0.1) is 11.1 Å². The Kier molecular flexibility index (Phi) is 2.16. The molecule has 62 valence electrons. The maximum absolute atomic E-state index is 9.71. The predicted molar refractivity (Wildman–Crippen MR) is 48.3 cm³/mol. The number of hydrogen-bond donors (Lipinski definition) is 1. The van der Waals surface area contributed by atoms with Crippen molar-refractivity contribution in [1.29, 1.82) is 0 Å². The van der Waals surface area contributed by atoms with Gasteiger partial charge in [0.15, 0.2) is 0 Å². The van der Waals surface area contributed by atoms with Gasteiger partial charge < -0.3 is 5.11 Å². The summed E-state index contributed by atoms with van der Waals surface area (Å²) in [6, 6.07) is 1.90. The zero-order valence-electron chi connectivity index (χ0n) is 6.04. The van der Waals surface area contributed by atoms with Crippen LogP contribution in [0.4, 0.5) is 0 Å². The van der Waals surface area contributed by atoms with Crippen LogP contribution in [0.5, 0.6) is 0 Å². The second-order valence-corrected chi connectivity index (χ2v) is 3.88. The fourth-order valence-corrected chi connectivity index (χ4v) is 2.09. The lowest BCUT2D eigenvalue weighted by atomic mass is 10.2. The highest BCUT2D eigenvalue weighted by Crippen LogP contribution is 2.24. The number of nitrogens with zero attached hydrogens (tertiary/aromatic N) is 2. The van der Waals surface area contributed by atoms with Crippen molar-refractivity contribution in [3.63, 3.8) is 0 Å². The Morgan fingerprint density at radius 1 is 1.50 bits per heavy atom. The molecule has 5 heteroatoms. The summed E-state index contributed by atoms with van der Waals surface area (Å²) < 4.78 is 3.69. The predicted octanol–water partition coefficient (Wildman–Crippen LogP) is 1.68. The number of rotatable bonds is 2. The maximum Gasteiger partial charge on any atom is 0.117 e. The van der Waals surface area contributed by atoms with Crippen LogP contribution in [-0.4, -0.2) is 14.7 Å². The van der Waals surface area contributed by atoms with Crippen LogP contribution in [0.15, 0.2) is 23.0 Å². The van der Waals surface area contributed by atoms with Gasteiger partial charge in [0.1, 0.15) is 6.10 Å². The fourth-order valence-electron chi connectivity index (χ4n) is 0.890. The SMILES string of the molecule is OC(c1ccsc1)c1cnns1. The minimum atomic E-state index is -0.559. The third-order valence-corrected chi connectivity index (χ3v) is 2.92. The second-order valence-electron chi connectivity index (χ2n) is 2.28. The number of hydrogen-bond acceptors (Lipinski definition) is 5. The third kappa shape index (κ3) is 1.38. The Labute approximate surface area is 77.5 Å². The monoisotopic (exact) mass is 198 g/mol. The van der Waals surface area contributed by atoms with Crippen LogP contribution in [0.1, 0.15) is 16.5 Å². The average Bonchev–Trinajstić information content (AvgIpc) is 2.77. The zero-order chi connectivity index (χ0) is 8.39. The van der Waals surface area contributed by atoms with Gasteiger partial charge in [-0.3, -0.25) is 0 Å². The molecule has 2 rings (SSSR count). The molecule has 0 aliphatic carbocycles. The van der Waals surface area contributed by atoms with E-state index >= 15 is 0 Å². The van der Waals surface area contributed by atoms with Crippen LogP contribution >= 0.6 is 22.9 Å². The molecular weight excluding hydrogens is 192 g/mol. The highest BCUT2D eigenvalue weighted by Gasteiger charge is 2.12. The van der Waals surface area contributed by atoms with Gasteiger partial charge in [0.2, 0.25) is 0 Å². The first-order chi connectivity index (χ1) is 5.88. The van der Waals surface area contributed by atoms with Crippen molar-refractivity contribution in [3.8, 4) is 0 Å². The number of aliphatic hydroxyl groups excluding tert-OH is 1. The largest absolute Gasteiger partial charge is 0.383 e. The van der Waals surface area contributed by atoms with E-state index in [1.807, 2.05) is 16.8 Å². The average molecular weight is 198 g/mol. The van der Waals surface area contributed by atoms with Crippen molar-refractivity contribution in [2.24, 2.45) is 0 Å². The molecule has 0 aliphatic rings. The van der Waals surface area contributed by atoms with Crippen LogP contribution in [0.3, 0.4) is 0 Å². The van der Waals surface area contributed by atoms with E-state index in [0.717, 1.165) is 10.4 Å². The smallest absolute Gasteiger partial charge is 0.117 e. The van der Waals surface area contributed by atoms with Gasteiger partial charge >= 0.3 is 0 Å². The molecule has 2 heterocycles. The minimum Gasteiger partial charge on any atom is -0.383 e. The lowest BCUT2D eigenvalue weighted by Gasteiger charge is -2.02. The van der Waals surface area contributed by atoms with Crippen molar-refractivity contribution in [2.45, 2.75) is 6.10 Å². The Bertz CT molecular complexity index is 296. The molecule has 3 nitrogen and oxygen atoms in total. The molecule has 1 atom stereocenters. The lowest BCUT2D eigenvalue weighted by molar-refractivity contribution is 0.224. The third-order valence-electron chi connectivity index (χ3n) is 1.51. The van der Waals surface area contributed by atoms with Crippen molar-refractivity contribution < 1.29 is 5.11 Å². The summed E-state index contributed by atoms with van der Waals surface area (Å²) in [5.74, 6) is 0. The van der Waals surface area contributed by atoms with Crippen molar-refractivity contribution in [1.82, 2.24) is 9.59 Å². The van der Waals surface area contributed by atoms with E-state index in [9.17, 15) is 5.11 Å². The van der Waals surface area contributed by atoms with E-state index in [-0.39, 0.29) is 0 Å². The molecule has 2 aromatic heterocycles. The van der Waals surface area contributed by atoms with Crippen LogP contribution in [-0.2, 0) is 0 Å². The standard InChI is InChI=1S/C7H6N2OS2/c10-7(5-1-2-11-4-5)6-3-8-9-12-6/h1-4,7,10H. The van der Waals surface area contributed by atoms with Crippen molar-refractivity contribution >= 4 is 22.9 Å². The van der Waals surface area contributed by atoms with Gasteiger partial charge in [-0.05, 0) is 33.9 Å². The topological polar surface area (TPSA) is 46.0 Å². The quantitative estimate of drug-likeness (QED) is 0.798. The van der Waals surface area contributed by atoms with Crippen molar-refractivity contribution in [3.05, 3.63) is 33.5 Å². The molecule has 1 N–H and O–H groups in total. The van der Waals surface area contributed by atoms with Crippen LogP contribution in [0.25, 0.3) is 0 Å². The first-order valence-electron chi connectivity index (χ1n) is 3.35.